The Bertz CT molecular complexity index is 350. The summed E-state index contributed by atoms with van der Waals surface area (Å²) >= 11 is 1.68. The molecular weight excluding hydrogens is 170 g/mol. The van der Waals surface area contributed by atoms with Gasteiger partial charge in [0.1, 0.15) is 0 Å². The lowest BCUT2D eigenvalue weighted by molar-refractivity contribution is 1.08. The van der Waals surface area contributed by atoms with Gasteiger partial charge in [-0.3, -0.25) is 5.10 Å². The van der Waals surface area contributed by atoms with Gasteiger partial charge in [-0.1, -0.05) is 6.07 Å². The minimum absolute atomic E-state index is 0.531. The molecule has 2 rings (SSSR count). The maximum atomic E-state index is 5.55. The summed E-state index contributed by atoms with van der Waals surface area (Å²) in [5, 5.41) is 8.93. The highest BCUT2D eigenvalue weighted by Gasteiger charge is 2.05. The maximum absolute atomic E-state index is 5.55. The molecule has 0 saturated heterocycles. The summed E-state index contributed by atoms with van der Waals surface area (Å²) in [5.74, 6) is 0. The van der Waals surface area contributed by atoms with Crippen LogP contribution in [-0.4, -0.2) is 10.2 Å². The number of nitrogens with two attached hydrogens (primary N) is 1. The Morgan fingerprint density at radius 3 is 3.17 bits per heavy atom. The van der Waals surface area contributed by atoms with Crippen LogP contribution >= 0.6 is 11.3 Å². The highest BCUT2D eigenvalue weighted by atomic mass is 32.1. The summed E-state index contributed by atoms with van der Waals surface area (Å²) in [6.45, 7) is 0.531. The fourth-order valence-corrected chi connectivity index (χ4v) is 1.86. The first-order valence-electron chi connectivity index (χ1n) is 3.68. The number of nitrogens with zero attached hydrogens (tertiary/aromatic N) is 1. The number of nitrogens with one attached hydrogen (secondary N) is 1. The third kappa shape index (κ3) is 1.15. The first-order valence-corrected chi connectivity index (χ1v) is 4.56. The van der Waals surface area contributed by atoms with Crippen LogP contribution in [0.15, 0.2) is 23.7 Å². The third-order valence-corrected chi connectivity index (χ3v) is 2.59. The topological polar surface area (TPSA) is 54.7 Å². The number of rotatable bonds is 2. The third-order valence-electron chi connectivity index (χ3n) is 1.71. The van der Waals surface area contributed by atoms with Crippen LogP contribution in [0.5, 0.6) is 0 Å². The predicted octanol–water partition coefficient (Wildman–Crippen LogP) is 1.60. The van der Waals surface area contributed by atoms with Crippen LogP contribution < -0.4 is 5.73 Å². The van der Waals surface area contributed by atoms with E-state index in [0.29, 0.717) is 6.54 Å². The number of aromatic nitrogens is 2. The van der Waals surface area contributed by atoms with E-state index < -0.39 is 0 Å². The van der Waals surface area contributed by atoms with Crippen LogP contribution in [0.3, 0.4) is 0 Å². The van der Waals surface area contributed by atoms with E-state index in [1.54, 1.807) is 17.5 Å². The molecule has 0 saturated carbocycles. The van der Waals surface area contributed by atoms with Gasteiger partial charge in [-0.25, -0.2) is 0 Å². The molecule has 0 spiro atoms. The van der Waals surface area contributed by atoms with Crippen molar-refractivity contribution in [1.29, 1.82) is 0 Å². The van der Waals surface area contributed by atoms with Gasteiger partial charge in [0.05, 0.1) is 16.8 Å². The Labute approximate surface area is 74.2 Å². The van der Waals surface area contributed by atoms with Gasteiger partial charge in [-0.2, -0.15) is 5.10 Å². The molecule has 0 radical (unpaired) electrons. The van der Waals surface area contributed by atoms with E-state index in [1.807, 2.05) is 11.4 Å². The zero-order valence-electron chi connectivity index (χ0n) is 6.45. The standard InChI is InChI=1S/C8H9N3S/c9-4-6-5-10-11-8(6)7-2-1-3-12-7/h1-3,5H,4,9H2,(H,10,11). The average Bonchev–Trinajstić information content (AvgIpc) is 2.74. The van der Waals surface area contributed by atoms with Gasteiger partial charge in [0.25, 0.3) is 0 Å². The summed E-state index contributed by atoms with van der Waals surface area (Å²) in [4.78, 5) is 1.19. The first kappa shape index (κ1) is 7.52. The Morgan fingerprint density at radius 2 is 2.50 bits per heavy atom. The van der Waals surface area contributed by atoms with Crippen molar-refractivity contribution in [2.45, 2.75) is 6.54 Å². The fraction of sp³-hybridized carbons (Fsp3) is 0.125. The molecule has 12 heavy (non-hydrogen) atoms. The lowest BCUT2D eigenvalue weighted by atomic mass is 10.2. The Hall–Kier alpha value is -1.13. The number of aromatic amines is 1. The molecule has 0 aliphatic rings. The molecule has 0 bridgehead atoms. The van der Waals surface area contributed by atoms with Gasteiger partial charge in [0, 0.05) is 12.1 Å². The molecule has 0 aliphatic heterocycles. The van der Waals surface area contributed by atoms with E-state index in [-0.39, 0.29) is 0 Å². The van der Waals surface area contributed by atoms with Gasteiger partial charge >= 0.3 is 0 Å². The van der Waals surface area contributed by atoms with Crippen molar-refractivity contribution in [2.75, 3.05) is 0 Å². The number of H-pyrrole nitrogens is 1. The van der Waals surface area contributed by atoms with Crippen LogP contribution in [0.2, 0.25) is 0 Å². The summed E-state index contributed by atoms with van der Waals surface area (Å²) in [6, 6.07) is 4.07. The smallest absolute Gasteiger partial charge is 0.0794 e. The summed E-state index contributed by atoms with van der Waals surface area (Å²) < 4.78 is 0. The first-order chi connectivity index (χ1) is 5.92. The van der Waals surface area contributed by atoms with Crippen molar-refractivity contribution < 1.29 is 0 Å². The largest absolute Gasteiger partial charge is 0.326 e. The Morgan fingerprint density at radius 1 is 1.58 bits per heavy atom. The molecule has 3 nitrogen and oxygen atoms in total. The van der Waals surface area contributed by atoms with Crippen LogP contribution in [0.1, 0.15) is 5.56 Å². The molecule has 2 heterocycles. The van der Waals surface area contributed by atoms with Crippen molar-refractivity contribution >= 4 is 11.3 Å². The molecule has 0 aromatic carbocycles. The van der Waals surface area contributed by atoms with Gasteiger partial charge in [-0.15, -0.1) is 11.3 Å². The minimum atomic E-state index is 0.531. The van der Waals surface area contributed by atoms with Crippen LogP contribution in [0, 0.1) is 0 Å². The predicted molar refractivity (Wildman–Crippen MR) is 49.8 cm³/mol. The zero-order chi connectivity index (χ0) is 8.39. The molecule has 62 valence electrons. The molecule has 0 atom stereocenters. The summed E-state index contributed by atoms with van der Waals surface area (Å²) in [6.07, 6.45) is 1.77. The number of thiophene rings is 1. The minimum Gasteiger partial charge on any atom is -0.326 e. The average molecular weight is 179 g/mol. The van der Waals surface area contributed by atoms with E-state index >= 15 is 0 Å². The summed E-state index contributed by atoms with van der Waals surface area (Å²) in [5.41, 5.74) is 7.66. The van der Waals surface area contributed by atoms with Crippen molar-refractivity contribution in [2.24, 2.45) is 5.73 Å². The van der Waals surface area contributed by atoms with Gasteiger partial charge in [0.2, 0.25) is 0 Å². The van der Waals surface area contributed by atoms with E-state index in [2.05, 4.69) is 16.3 Å². The molecule has 0 aliphatic carbocycles. The van der Waals surface area contributed by atoms with Gasteiger partial charge in [0.15, 0.2) is 0 Å². The molecule has 3 N–H and O–H groups in total. The number of hydrogen-bond acceptors (Lipinski definition) is 3. The van der Waals surface area contributed by atoms with E-state index in [4.69, 9.17) is 5.73 Å². The SMILES string of the molecule is NCc1cn[nH]c1-c1cccs1. The van der Waals surface area contributed by atoms with Crippen molar-refractivity contribution in [3.8, 4) is 10.6 Å². The van der Waals surface area contributed by atoms with Crippen molar-refractivity contribution in [1.82, 2.24) is 10.2 Å². The van der Waals surface area contributed by atoms with Gasteiger partial charge < -0.3 is 5.73 Å². The Kier molecular flexibility index (Phi) is 1.93. The molecule has 0 fully saturated rings. The van der Waals surface area contributed by atoms with Crippen LogP contribution in [-0.2, 0) is 6.54 Å². The Balaban J connectivity index is 2.46. The second-order valence-corrected chi connectivity index (χ2v) is 3.40. The second-order valence-electron chi connectivity index (χ2n) is 2.45. The second kappa shape index (κ2) is 3.08. The highest BCUT2D eigenvalue weighted by Crippen LogP contribution is 2.25. The zero-order valence-corrected chi connectivity index (χ0v) is 7.27. The monoisotopic (exact) mass is 179 g/mol. The fourth-order valence-electron chi connectivity index (χ4n) is 1.10. The van der Waals surface area contributed by atoms with E-state index in [9.17, 15) is 0 Å². The quantitative estimate of drug-likeness (QED) is 0.735. The van der Waals surface area contributed by atoms with Crippen LogP contribution in [0.25, 0.3) is 10.6 Å². The number of hydrogen-bond donors (Lipinski definition) is 2. The van der Waals surface area contributed by atoms with E-state index in [1.165, 1.54) is 4.88 Å². The lowest BCUT2D eigenvalue weighted by Gasteiger charge is -1.94. The van der Waals surface area contributed by atoms with Crippen molar-refractivity contribution in [3.63, 3.8) is 0 Å². The molecule has 4 heteroatoms. The molecule has 0 amide bonds. The molecule has 2 aromatic rings. The van der Waals surface area contributed by atoms with Crippen molar-refractivity contribution in [3.05, 3.63) is 29.3 Å². The van der Waals surface area contributed by atoms with Gasteiger partial charge in [-0.05, 0) is 11.4 Å². The summed E-state index contributed by atoms with van der Waals surface area (Å²) in [7, 11) is 0. The van der Waals surface area contributed by atoms with Crippen LogP contribution in [0.4, 0.5) is 0 Å². The molecular formula is C8H9N3S. The normalized spacial score (nSPS) is 10.4. The molecule has 2 aromatic heterocycles. The highest BCUT2D eigenvalue weighted by molar-refractivity contribution is 7.13. The molecule has 0 unspecified atom stereocenters. The lowest BCUT2D eigenvalue weighted by Crippen LogP contribution is -1.95. The maximum Gasteiger partial charge on any atom is 0.0794 e. The van der Waals surface area contributed by atoms with E-state index in [0.717, 1.165) is 11.3 Å².